The molecule has 0 amide bonds. The Morgan fingerprint density at radius 3 is 2.67 bits per heavy atom. The van der Waals surface area contributed by atoms with Gasteiger partial charge in [-0.15, -0.1) is 11.3 Å². The fourth-order valence-corrected chi connectivity index (χ4v) is 4.28. The van der Waals surface area contributed by atoms with Gasteiger partial charge in [0.05, 0.1) is 29.3 Å². The first-order valence-corrected chi connectivity index (χ1v) is 9.37. The molecule has 0 bridgehead atoms. The molecule has 0 N–H and O–H groups in total. The molecule has 2 rings (SSSR count). The second-order valence-electron chi connectivity index (χ2n) is 5.22. The molecule has 21 heavy (non-hydrogen) atoms. The summed E-state index contributed by atoms with van der Waals surface area (Å²) in [5.74, 6) is 0.967. The van der Waals surface area contributed by atoms with Crippen molar-refractivity contribution in [3.05, 3.63) is 45.9 Å². The Labute approximate surface area is 129 Å². The van der Waals surface area contributed by atoms with Crippen LogP contribution < -0.4 is 4.74 Å². The van der Waals surface area contributed by atoms with Crippen molar-refractivity contribution in [2.45, 2.75) is 31.3 Å². The Balaban J connectivity index is 2.10. The van der Waals surface area contributed by atoms with Crippen molar-refractivity contribution in [1.29, 1.82) is 0 Å². The minimum Gasteiger partial charge on any atom is -0.497 e. The average molecular weight is 325 g/mol. The summed E-state index contributed by atoms with van der Waals surface area (Å²) in [7, 11) is -1.67. The molecule has 0 aliphatic heterocycles. The van der Waals surface area contributed by atoms with Gasteiger partial charge in [-0.3, -0.25) is 0 Å². The fraction of sp³-hybridized carbons (Fsp3) is 0.400. The number of thiazole rings is 1. The summed E-state index contributed by atoms with van der Waals surface area (Å²) in [6.07, 6.45) is 0. The fourth-order valence-electron chi connectivity index (χ4n) is 1.95. The first kappa shape index (κ1) is 16.0. The molecular formula is C15H19NO3S2. The van der Waals surface area contributed by atoms with Crippen LogP contribution in [0.5, 0.6) is 5.75 Å². The molecule has 114 valence electrons. The highest BCUT2D eigenvalue weighted by Gasteiger charge is 2.16. The predicted octanol–water partition coefficient (Wildman–Crippen LogP) is 3.39. The molecule has 2 aromatic rings. The second-order valence-corrected chi connectivity index (χ2v) is 8.17. The van der Waals surface area contributed by atoms with Crippen molar-refractivity contribution in [2.75, 3.05) is 7.11 Å². The van der Waals surface area contributed by atoms with Gasteiger partial charge in [0, 0.05) is 11.3 Å². The maximum atomic E-state index is 12.3. The van der Waals surface area contributed by atoms with Crippen LogP contribution in [-0.2, 0) is 21.3 Å². The third-order valence-electron chi connectivity index (χ3n) is 2.95. The zero-order valence-electron chi connectivity index (χ0n) is 12.4. The van der Waals surface area contributed by atoms with E-state index in [9.17, 15) is 8.42 Å². The van der Waals surface area contributed by atoms with E-state index in [0.717, 1.165) is 10.6 Å². The van der Waals surface area contributed by atoms with Crippen LogP contribution >= 0.6 is 11.3 Å². The number of hydrogen-bond acceptors (Lipinski definition) is 5. The summed E-state index contributed by atoms with van der Waals surface area (Å²) in [6, 6.07) is 7.13. The van der Waals surface area contributed by atoms with E-state index < -0.39 is 9.84 Å². The van der Waals surface area contributed by atoms with Crippen LogP contribution in [-0.4, -0.2) is 20.5 Å². The number of nitrogens with zero attached hydrogens (tertiary/aromatic N) is 1. The first-order chi connectivity index (χ1) is 9.89. The molecule has 1 aromatic heterocycles. The largest absolute Gasteiger partial charge is 0.497 e. The molecule has 0 saturated heterocycles. The Bertz CT molecular complexity index is 705. The molecule has 0 fully saturated rings. The van der Waals surface area contributed by atoms with Gasteiger partial charge in [-0.25, -0.2) is 13.4 Å². The summed E-state index contributed by atoms with van der Waals surface area (Å²) in [6.45, 7) is 4.10. The van der Waals surface area contributed by atoms with Gasteiger partial charge < -0.3 is 4.74 Å². The minimum atomic E-state index is -3.24. The zero-order chi connectivity index (χ0) is 15.5. The van der Waals surface area contributed by atoms with Gasteiger partial charge in [-0.1, -0.05) is 26.0 Å². The lowest BCUT2D eigenvalue weighted by Gasteiger charge is -2.05. The van der Waals surface area contributed by atoms with Crippen LogP contribution in [0.2, 0.25) is 0 Å². The van der Waals surface area contributed by atoms with Crippen LogP contribution in [0.1, 0.15) is 36.0 Å². The zero-order valence-corrected chi connectivity index (χ0v) is 14.0. The molecular weight excluding hydrogens is 306 g/mol. The maximum absolute atomic E-state index is 12.3. The van der Waals surface area contributed by atoms with E-state index >= 15 is 0 Å². The van der Waals surface area contributed by atoms with Crippen molar-refractivity contribution in [3.63, 3.8) is 0 Å². The predicted molar refractivity (Wildman–Crippen MR) is 85.5 cm³/mol. The number of methoxy groups -OCH3 is 1. The normalized spacial score (nSPS) is 11.8. The number of rotatable bonds is 6. The lowest BCUT2D eigenvalue weighted by atomic mass is 10.2. The van der Waals surface area contributed by atoms with Crippen molar-refractivity contribution >= 4 is 21.2 Å². The van der Waals surface area contributed by atoms with Crippen molar-refractivity contribution in [2.24, 2.45) is 0 Å². The third kappa shape index (κ3) is 4.54. The molecule has 0 unspecified atom stereocenters. The molecule has 0 saturated carbocycles. The van der Waals surface area contributed by atoms with Crippen molar-refractivity contribution in [3.8, 4) is 5.75 Å². The lowest BCUT2D eigenvalue weighted by Crippen LogP contribution is -2.08. The van der Waals surface area contributed by atoms with Gasteiger partial charge in [0.15, 0.2) is 9.84 Å². The van der Waals surface area contributed by atoms with E-state index in [1.54, 1.807) is 31.4 Å². The highest BCUT2D eigenvalue weighted by Crippen LogP contribution is 2.22. The third-order valence-corrected chi connectivity index (χ3v) is 5.65. The van der Waals surface area contributed by atoms with Gasteiger partial charge in [-0.05, 0) is 17.7 Å². The van der Waals surface area contributed by atoms with E-state index in [1.807, 2.05) is 19.2 Å². The quantitative estimate of drug-likeness (QED) is 0.817. The molecule has 0 aliphatic rings. The smallest absolute Gasteiger partial charge is 0.160 e. The molecule has 0 spiro atoms. The average Bonchev–Trinajstić information content (AvgIpc) is 2.86. The summed E-state index contributed by atoms with van der Waals surface area (Å²) < 4.78 is 29.7. The molecule has 6 heteroatoms. The number of sulfone groups is 1. The van der Waals surface area contributed by atoms with Gasteiger partial charge in [0.1, 0.15) is 5.75 Å². The minimum absolute atomic E-state index is 0.00125. The molecule has 4 nitrogen and oxygen atoms in total. The van der Waals surface area contributed by atoms with E-state index in [1.165, 1.54) is 11.3 Å². The van der Waals surface area contributed by atoms with Gasteiger partial charge in [0.2, 0.25) is 0 Å². The van der Waals surface area contributed by atoms with E-state index in [-0.39, 0.29) is 11.5 Å². The first-order valence-electron chi connectivity index (χ1n) is 6.67. The topological polar surface area (TPSA) is 56.3 Å². The van der Waals surface area contributed by atoms with Crippen molar-refractivity contribution in [1.82, 2.24) is 4.98 Å². The van der Waals surface area contributed by atoms with Gasteiger partial charge in [0.25, 0.3) is 0 Å². The summed E-state index contributed by atoms with van der Waals surface area (Å²) >= 11 is 1.52. The van der Waals surface area contributed by atoms with Crippen LogP contribution in [0.4, 0.5) is 0 Å². The standard InChI is InChI=1S/C15H19NO3S2/c1-11(2)15-16-13(8-20-15)10-21(17,18)9-12-5-4-6-14(7-12)19-3/h4-8,11H,9-10H2,1-3H3. The summed E-state index contributed by atoms with van der Waals surface area (Å²) in [4.78, 5) is 4.38. The van der Waals surface area contributed by atoms with Gasteiger partial charge in [-0.2, -0.15) is 0 Å². The van der Waals surface area contributed by atoms with Crippen LogP contribution in [0, 0.1) is 0 Å². The SMILES string of the molecule is COc1cccc(CS(=O)(=O)Cc2csc(C(C)C)n2)c1. The highest BCUT2D eigenvalue weighted by atomic mass is 32.2. The Morgan fingerprint density at radius 2 is 2.05 bits per heavy atom. The summed E-state index contributed by atoms with van der Waals surface area (Å²) in [5.41, 5.74) is 1.36. The molecule has 0 atom stereocenters. The monoisotopic (exact) mass is 325 g/mol. The molecule has 0 aliphatic carbocycles. The molecule has 1 aromatic carbocycles. The molecule has 1 heterocycles. The maximum Gasteiger partial charge on any atom is 0.160 e. The molecule has 0 radical (unpaired) electrons. The number of benzene rings is 1. The lowest BCUT2D eigenvalue weighted by molar-refractivity contribution is 0.414. The Morgan fingerprint density at radius 1 is 1.29 bits per heavy atom. The Kier molecular flexibility index (Phi) is 5.00. The van der Waals surface area contributed by atoms with Crippen molar-refractivity contribution < 1.29 is 13.2 Å². The second kappa shape index (κ2) is 6.58. The van der Waals surface area contributed by atoms with E-state index in [4.69, 9.17) is 4.74 Å². The Hall–Kier alpha value is -1.40. The van der Waals surface area contributed by atoms with E-state index in [2.05, 4.69) is 4.98 Å². The number of hydrogen-bond donors (Lipinski definition) is 0. The number of ether oxygens (including phenoxy) is 1. The summed E-state index contributed by atoms with van der Waals surface area (Å²) in [5, 5.41) is 2.81. The number of aromatic nitrogens is 1. The van der Waals surface area contributed by atoms with Crippen LogP contribution in [0.3, 0.4) is 0 Å². The van der Waals surface area contributed by atoms with E-state index in [0.29, 0.717) is 17.4 Å². The van der Waals surface area contributed by atoms with Crippen LogP contribution in [0.15, 0.2) is 29.6 Å². The van der Waals surface area contributed by atoms with Gasteiger partial charge >= 0.3 is 0 Å². The van der Waals surface area contributed by atoms with Crippen LogP contribution in [0.25, 0.3) is 0 Å². The highest BCUT2D eigenvalue weighted by molar-refractivity contribution is 7.89.